The Morgan fingerprint density at radius 3 is 2.19 bits per heavy atom. The van der Waals surface area contributed by atoms with E-state index in [0.29, 0.717) is 28.9 Å². The van der Waals surface area contributed by atoms with Gasteiger partial charge in [0.05, 0.1) is 5.56 Å². The first-order valence-corrected chi connectivity index (χ1v) is 13.3. The van der Waals surface area contributed by atoms with Crippen molar-refractivity contribution in [2.24, 2.45) is 11.7 Å². The van der Waals surface area contributed by atoms with Crippen molar-refractivity contribution in [1.29, 1.82) is 0 Å². The lowest BCUT2D eigenvalue weighted by Crippen LogP contribution is -2.50. The third-order valence-corrected chi connectivity index (χ3v) is 8.03. The summed E-state index contributed by atoms with van der Waals surface area (Å²) in [6.45, 7) is 4.08. The minimum Gasteiger partial charge on any atom is -0.382 e. The van der Waals surface area contributed by atoms with Crippen LogP contribution in [0.2, 0.25) is 0 Å². The van der Waals surface area contributed by atoms with Crippen LogP contribution in [-0.4, -0.2) is 41.8 Å². The number of piperidine rings is 1. The third-order valence-electron chi connectivity index (χ3n) is 8.03. The summed E-state index contributed by atoms with van der Waals surface area (Å²) in [5, 5.41) is 6.54. The third kappa shape index (κ3) is 4.97. The molecule has 0 spiro atoms. The maximum Gasteiger partial charge on any atom is 0.251 e. The average molecular weight is 489 g/mol. The van der Waals surface area contributed by atoms with Crippen molar-refractivity contribution < 1.29 is 14.4 Å². The molecule has 5 rings (SSSR count). The minimum absolute atomic E-state index is 0.101. The monoisotopic (exact) mass is 488 g/mol. The Morgan fingerprint density at radius 1 is 0.972 bits per heavy atom. The summed E-state index contributed by atoms with van der Waals surface area (Å²) in [4.78, 5) is 39.9. The van der Waals surface area contributed by atoms with Crippen LogP contribution in [0.15, 0.2) is 42.5 Å². The molecule has 36 heavy (non-hydrogen) atoms. The number of nitrogens with two attached hydrogens (primary N) is 1. The molecule has 2 saturated heterocycles. The molecule has 3 aliphatic rings. The molecule has 1 aliphatic carbocycles. The summed E-state index contributed by atoms with van der Waals surface area (Å²) in [5.74, 6) is -0.127. The molecule has 0 aromatic heterocycles. The minimum atomic E-state index is -0.512. The summed E-state index contributed by atoms with van der Waals surface area (Å²) in [5.41, 5.74) is 9.05. The average Bonchev–Trinajstić information content (AvgIpc) is 3.68. The predicted molar refractivity (Wildman–Crippen MR) is 142 cm³/mol. The lowest BCUT2D eigenvalue weighted by molar-refractivity contribution is 0.0924. The van der Waals surface area contributed by atoms with Crippen LogP contribution in [-0.2, 0) is 0 Å². The number of nitrogens with one attached hydrogen (secondary N) is 2. The van der Waals surface area contributed by atoms with Gasteiger partial charge in [0, 0.05) is 52.6 Å². The molecule has 2 amide bonds. The molecule has 3 fully saturated rings. The van der Waals surface area contributed by atoms with Crippen LogP contribution in [0.4, 0.5) is 11.4 Å². The van der Waals surface area contributed by atoms with Crippen molar-refractivity contribution in [3.05, 3.63) is 59.2 Å². The maximum atomic E-state index is 13.1. The number of carbonyl (C=O) groups is 3. The van der Waals surface area contributed by atoms with E-state index in [1.807, 2.05) is 19.1 Å². The number of Topliss-reactive ketones (excluding diaryl/α,β-unsaturated/α-hetero) is 1. The fourth-order valence-electron chi connectivity index (χ4n) is 5.75. The van der Waals surface area contributed by atoms with E-state index in [-0.39, 0.29) is 29.7 Å². The zero-order chi connectivity index (χ0) is 25.4. The fourth-order valence-corrected chi connectivity index (χ4v) is 5.75. The molecule has 1 saturated carbocycles. The maximum absolute atomic E-state index is 13.1. The number of ketones is 1. The SMILES string of the molecule is CCC(C)Nc1cc(C(=O)NC2CC3CC[C@H](C2)N3c2ccc(C(=O)C3CC3)cc2)ccc1C(N)=O. The number of anilines is 2. The van der Waals surface area contributed by atoms with E-state index in [4.69, 9.17) is 5.73 Å². The van der Waals surface area contributed by atoms with Crippen molar-refractivity contribution in [2.45, 2.75) is 83.0 Å². The van der Waals surface area contributed by atoms with Crippen LogP contribution in [0.25, 0.3) is 0 Å². The highest BCUT2D eigenvalue weighted by Crippen LogP contribution is 2.40. The number of nitrogens with zero attached hydrogens (tertiary/aromatic N) is 1. The molecular weight excluding hydrogens is 452 g/mol. The number of primary amides is 1. The van der Waals surface area contributed by atoms with Gasteiger partial charge in [-0.1, -0.05) is 6.92 Å². The summed E-state index contributed by atoms with van der Waals surface area (Å²) in [6, 6.07) is 14.2. The van der Waals surface area contributed by atoms with Gasteiger partial charge in [0.25, 0.3) is 11.8 Å². The van der Waals surface area contributed by atoms with Crippen molar-refractivity contribution in [1.82, 2.24) is 5.32 Å². The van der Waals surface area contributed by atoms with E-state index in [9.17, 15) is 14.4 Å². The van der Waals surface area contributed by atoms with Gasteiger partial charge in [-0.05, 0) is 94.3 Å². The van der Waals surface area contributed by atoms with Crippen molar-refractivity contribution in [2.75, 3.05) is 10.2 Å². The van der Waals surface area contributed by atoms with Crippen LogP contribution in [0, 0.1) is 5.92 Å². The normalized spacial score (nSPS) is 23.7. The van der Waals surface area contributed by atoms with Gasteiger partial charge in [-0.25, -0.2) is 0 Å². The van der Waals surface area contributed by atoms with Gasteiger partial charge in [0.1, 0.15) is 0 Å². The molecule has 0 radical (unpaired) electrons. The number of rotatable bonds is 9. The second-order valence-corrected chi connectivity index (χ2v) is 10.7. The van der Waals surface area contributed by atoms with Crippen LogP contribution in [0.1, 0.15) is 89.9 Å². The van der Waals surface area contributed by atoms with Gasteiger partial charge in [0.15, 0.2) is 5.78 Å². The number of amides is 2. The first-order chi connectivity index (χ1) is 17.3. The standard InChI is InChI=1S/C29H36N4O3/c1-3-17(2)31-26-14-20(8-13-25(26)28(30)35)29(36)32-21-15-23-11-12-24(16-21)33(23)22-9-6-19(7-10-22)27(34)18-4-5-18/h6-10,13-14,17-18,21,23-24,31H,3-5,11-12,15-16H2,1-2H3,(H2,30,35)(H,32,36)/t17?,21?,23-,24?/m1/s1. The molecule has 4 N–H and O–H groups in total. The Bertz CT molecular complexity index is 1140. The van der Waals surface area contributed by atoms with Gasteiger partial charge in [-0.3, -0.25) is 14.4 Å². The fraction of sp³-hybridized carbons (Fsp3) is 0.483. The molecule has 2 aromatic carbocycles. The molecule has 2 aromatic rings. The number of carbonyl (C=O) groups excluding carboxylic acids is 3. The van der Waals surface area contributed by atoms with E-state index < -0.39 is 5.91 Å². The van der Waals surface area contributed by atoms with Gasteiger partial charge < -0.3 is 21.3 Å². The van der Waals surface area contributed by atoms with Crippen LogP contribution in [0.5, 0.6) is 0 Å². The quantitative estimate of drug-likeness (QED) is 0.450. The molecule has 2 aliphatic heterocycles. The molecule has 4 atom stereocenters. The number of hydrogen-bond donors (Lipinski definition) is 3. The summed E-state index contributed by atoms with van der Waals surface area (Å²) >= 11 is 0. The Hall–Kier alpha value is -3.35. The van der Waals surface area contributed by atoms with Crippen LogP contribution in [0.3, 0.4) is 0 Å². The molecular formula is C29H36N4O3. The van der Waals surface area contributed by atoms with Gasteiger partial charge in [-0.2, -0.15) is 0 Å². The lowest BCUT2D eigenvalue weighted by atomic mass is 9.95. The van der Waals surface area contributed by atoms with Crippen LogP contribution >= 0.6 is 0 Å². The Balaban J connectivity index is 1.24. The van der Waals surface area contributed by atoms with E-state index in [1.165, 1.54) is 5.69 Å². The van der Waals surface area contributed by atoms with Crippen molar-refractivity contribution in [3.8, 4) is 0 Å². The number of hydrogen-bond acceptors (Lipinski definition) is 5. The van der Waals surface area contributed by atoms with Crippen LogP contribution < -0.4 is 21.3 Å². The highest BCUT2D eigenvalue weighted by molar-refractivity contribution is 6.02. The van der Waals surface area contributed by atoms with Crippen molar-refractivity contribution >= 4 is 29.0 Å². The van der Waals surface area contributed by atoms with Gasteiger partial charge in [0.2, 0.25) is 0 Å². The second kappa shape index (κ2) is 9.96. The Labute approximate surface area is 212 Å². The summed E-state index contributed by atoms with van der Waals surface area (Å²) in [7, 11) is 0. The molecule has 7 nitrogen and oxygen atoms in total. The lowest BCUT2D eigenvalue weighted by Gasteiger charge is -2.41. The van der Waals surface area contributed by atoms with Gasteiger partial charge >= 0.3 is 0 Å². The first kappa shape index (κ1) is 24.3. The van der Waals surface area contributed by atoms with E-state index in [2.05, 4.69) is 34.6 Å². The zero-order valence-corrected chi connectivity index (χ0v) is 21.1. The highest BCUT2D eigenvalue weighted by atomic mass is 16.2. The highest BCUT2D eigenvalue weighted by Gasteiger charge is 2.41. The summed E-state index contributed by atoms with van der Waals surface area (Å²) < 4.78 is 0. The zero-order valence-electron chi connectivity index (χ0n) is 21.1. The van der Waals surface area contributed by atoms with Gasteiger partial charge in [-0.15, -0.1) is 0 Å². The van der Waals surface area contributed by atoms with E-state index >= 15 is 0 Å². The van der Waals surface area contributed by atoms with E-state index in [1.54, 1.807) is 18.2 Å². The molecule has 2 heterocycles. The second-order valence-electron chi connectivity index (χ2n) is 10.7. The topological polar surface area (TPSA) is 105 Å². The number of benzene rings is 2. The molecule has 3 unspecified atom stereocenters. The molecule has 2 bridgehead atoms. The Kier molecular flexibility index (Phi) is 6.73. The molecule has 7 heteroatoms. The predicted octanol–water partition coefficient (Wildman–Crippen LogP) is 4.52. The van der Waals surface area contributed by atoms with Crippen molar-refractivity contribution in [3.63, 3.8) is 0 Å². The largest absolute Gasteiger partial charge is 0.382 e. The number of fused-ring (bicyclic) bond motifs is 2. The summed E-state index contributed by atoms with van der Waals surface area (Å²) in [6.07, 6.45) is 6.93. The smallest absolute Gasteiger partial charge is 0.251 e. The first-order valence-electron chi connectivity index (χ1n) is 13.3. The Morgan fingerprint density at radius 2 is 1.61 bits per heavy atom. The molecule has 190 valence electrons. The van der Waals surface area contributed by atoms with E-state index in [0.717, 1.165) is 50.5 Å².